The van der Waals surface area contributed by atoms with Crippen molar-refractivity contribution in [3.05, 3.63) is 0 Å². The maximum atomic E-state index is 5.77. The van der Waals surface area contributed by atoms with Gasteiger partial charge in [0.15, 0.2) is 0 Å². The smallest absolute Gasteiger partial charge is 0.0725 e. The van der Waals surface area contributed by atoms with Crippen molar-refractivity contribution >= 4 is 0 Å². The molecule has 0 radical (unpaired) electrons. The Labute approximate surface area is 86.8 Å². The Balaban J connectivity index is 1.86. The van der Waals surface area contributed by atoms with Gasteiger partial charge in [0.1, 0.15) is 0 Å². The Hall–Kier alpha value is -0.120. The van der Waals surface area contributed by atoms with Gasteiger partial charge in [0, 0.05) is 25.7 Å². The van der Waals surface area contributed by atoms with Gasteiger partial charge >= 0.3 is 0 Å². The second-order valence-corrected chi connectivity index (χ2v) is 4.79. The van der Waals surface area contributed by atoms with Crippen LogP contribution in [-0.4, -0.2) is 49.8 Å². The number of ether oxygens (including phenoxy) is 1. The molecule has 0 aromatic carbocycles. The molecule has 0 amide bonds. The minimum absolute atomic E-state index is 0.448. The fourth-order valence-corrected chi connectivity index (χ4v) is 2.38. The molecule has 2 aliphatic heterocycles. The highest BCUT2D eigenvalue weighted by molar-refractivity contribution is 4.84. The zero-order valence-corrected chi connectivity index (χ0v) is 9.33. The Morgan fingerprint density at radius 2 is 2.29 bits per heavy atom. The first-order valence-corrected chi connectivity index (χ1v) is 5.83. The van der Waals surface area contributed by atoms with Crippen LogP contribution in [0.5, 0.6) is 0 Å². The van der Waals surface area contributed by atoms with Crippen LogP contribution in [0.1, 0.15) is 20.3 Å². The largest absolute Gasteiger partial charge is 0.375 e. The van der Waals surface area contributed by atoms with Gasteiger partial charge in [0.2, 0.25) is 0 Å². The summed E-state index contributed by atoms with van der Waals surface area (Å²) in [5.41, 5.74) is 0. The van der Waals surface area contributed by atoms with E-state index in [4.69, 9.17) is 4.74 Å². The fraction of sp³-hybridized carbons (Fsp3) is 1.00. The van der Waals surface area contributed by atoms with Gasteiger partial charge < -0.3 is 10.1 Å². The first-order chi connectivity index (χ1) is 6.77. The molecule has 2 aliphatic rings. The summed E-state index contributed by atoms with van der Waals surface area (Å²) in [6.45, 7) is 10.0. The first-order valence-electron chi connectivity index (χ1n) is 5.83. The molecule has 3 nitrogen and oxygen atoms in total. The van der Waals surface area contributed by atoms with Crippen molar-refractivity contribution in [2.24, 2.45) is 5.92 Å². The summed E-state index contributed by atoms with van der Waals surface area (Å²) < 4.78 is 5.77. The fourth-order valence-electron chi connectivity index (χ4n) is 2.38. The lowest BCUT2D eigenvalue weighted by molar-refractivity contribution is -0.0609. The maximum absolute atomic E-state index is 5.77. The van der Waals surface area contributed by atoms with Crippen molar-refractivity contribution < 1.29 is 4.74 Å². The van der Waals surface area contributed by atoms with E-state index in [-0.39, 0.29) is 0 Å². The minimum atomic E-state index is 0.448. The van der Waals surface area contributed by atoms with Crippen LogP contribution in [0.25, 0.3) is 0 Å². The second kappa shape index (κ2) is 4.60. The number of hydrogen-bond acceptors (Lipinski definition) is 3. The van der Waals surface area contributed by atoms with Crippen LogP contribution >= 0.6 is 0 Å². The number of nitrogens with zero attached hydrogens (tertiary/aromatic N) is 1. The summed E-state index contributed by atoms with van der Waals surface area (Å²) in [7, 11) is 0. The molecular weight excluding hydrogens is 176 g/mol. The topological polar surface area (TPSA) is 24.5 Å². The van der Waals surface area contributed by atoms with Gasteiger partial charge in [-0.25, -0.2) is 0 Å². The van der Waals surface area contributed by atoms with E-state index < -0.39 is 0 Å². The van der Waals surface area contributed by atoms with Crippen LogP contribution in [0.15, 0.2) is 0 Å². The molecule has 2 heterocycles. The van der Waals surface area contributed by atoms with Crippen molar-refractivity contribution in [1.82, 2.24) is 10.2 Å². The molecule has 2 atom stereocenters. The summed E-state index contributed by atoms with van der Waals surface area (Å²) in [5, 5.41) is 3.43. The Morgan fingerprint density at radius 3 is 2.93 bits per heavy atom. The highest BCUT2D eigenvalue weighted by Crippen LogP contribution is 2.17. The van der Waals surface area contributed by atoms with Gasteiger partial charge in [-0.15, -0.1) is 0 Å². The summed E-state index contributed by atoms with van der Waals surface area (Å²) in [4.78, 5) is 2.61. The van der Waals surface area contributed by atoms with Crippen LogP contribution in [0.4, 0.5) is 0 Å². The van der Waals surface area contributed by atoms with Gasteiger partial charge in [-0.05, 0) is 18.9 Å². The summed E-state index contributed by atoms with van der Waals surface area (Å²) in [5.74, 6) is 0.646. The lowest BCUT2D eigenvalue weighted by Gasteiger charge is -2.38. The summed E-state index contributed by atoms with van der Waals surface area (Å²) in [6.07, 6.45) is 1.76. The van der Waals surface area contributed by atoms with E-state index in [2.05, 4.69) is 24.1 Å². The van der Waals surface area contributed by atoms with Crippen molar-refractivity contribution in [3.8, 4) is 0 Å². The van der Waals surface area contributed by atoms with E-state index in [1.807, 2.05) is 0 Å². The average molecular weight is 198 g/mol. The van der Waals surface area contributed by atoms with E-state index in [0.29, 0.717) is 12.0 Å². The van der Waals surface area contributed by atoms with Crippen molar-refractivity contribution in [2.45, 2.75) is 32.4 Å². The molecule has 0 aromatic rings. The molecule has 82 valence electrons. The summed E-state index contributed by atoms with van der Waals surface area (Å²) >= 11 is 0. The molecule has 2 fully saturated rings. The first kappa shape index (κ1) is 10.4. The zero-order chi connectivity index (χ0) is 9.97. The van der Waals surface area contributed by atoms with Crippen molar-refractivity contribution in [2.75, 3.05) is 32.8 Å². The molecule has 0 spiro atoms. The van der Waals surface area contributed by atoms with Gasteiger partial charge in [0.25, 0.3) is 0 Å². The van der Waals surface area contributed by atoms with Gasteiger partial charge in [-0.2, -0.15) is 0 Å². The number of rotatable bonds is 2. The molecule has 0 bridgehead atoms. The predicted molar refractivity (Wildman–Crippen MR) is 57.4 cm³/mol. The second-order valence-electron chi connectivity index (χ2n) is 4.79. The molecule has 14 heavy (non-hydrogen) atoms. The molecule has 2 rings (SSSR count). The monoisotopic (exact) mass is 198 g/mol. The lowest BCUT2D eigenvalue weighted by atomic mass is 10.0. The Kier molecular flexibility index (Phi) is 3.42. The number of nitrogens with one attached hydrogen (secondary N) is 1. The lowest BCUT2D eigenvalue weighted by Crippen LogP contribution is -2.49. The molecule has 0 saturated carbocycles. The van der Waals surface area contributed by atoms with Crippen molar-refractivity contribution in [1.29, 1.82) is 0 Å². The van der Waals surface area contributed by atoms with Crippen LogP contribution in [0, 0.1) is 5.92 Å². The SMILES string of the molecule is CC(C)C1CN(C2CCNC2)CCO1. The van der Waals surface area contributed by atoms with E-state index in [1.165, 1.54) is 19.5 Å². The van der Waals surface area contributed by atoms with Crippen molar-refractivity contribution in [3.63, 3.8) is 0 Å². The van der Waals surface area contributed by atoms with Crippen LogP contribution in [-0.2, 0) is 4.74 Å². The quantitative estimate of drug-likeness (QED) is 0.707. The third kappa shape index (κ3) is 2.27. The molecular formula is C11H22N2O. The Bertz CT molecular complexity index is 178. The normalized spacial score (nSPS) is 35.4. The van der Waals surface area contributed by atoms with E-state index in [9.17, 15) is 0 Å². The van der Waals surface area contributed by atoms with Gasteiger partial charge in [-0.3, -0.25) is 4.90 Å². The predicted octanol–water partition coefficient (Wildman–Crippen LogP) is 0.705. The highest BCUT2D eigenvalue weighted by Gasteiger charge is 2.29. The molecule has 1 N–H and O–H groups in total. The molecule has 2 saturated heterocycles. The van der Waals surface area contributed by atoms with E-state index in [1.54, 1.807) is 0 Å². The maximum Gasteiger partial charge on any atom is 0.0725 e. The molecule has 0 aromatic heterocycles. The standard InChI is InChI=1S/C11H22N2O/c1-9(2)11-8-13(5-6-14-11)10-3-4-12-7-10/h9-12H,3-8H2,1-2H3. The van der Waals surface area contributed by atoms with Crippen LogP contribution in [0.2, 0.25) is 0 Å². The zero-order valence-electron chi connectivity index (χ0n) is 9.33. The van der Waals surface area contributed by atoms with Crippen LogP contribution < -0.4 is 5.32 Å². The minimum Gasteiger partial charge on any atom is -0.375 e. The van der Waals surface area contributed by atoms with Gasteiger partial charge in [-0.1, -0.05) is 13.8 Å². The summed E-state index contributed by atoms with van der Waals surface area (Å²) in [6, 6.07) is 0.764. The molecule has 2 unspecified atom stereocenters. The number of morpholine rings is 1. The third-order valence-corrected chi connectivity index (χ3v) is 3.42. The molecule has 0 aliphatic carbocycles. The third-order valence-electron chi connectivity index (χ3n) is 3.42. The van der Waals surface area contributed by atoms with Crippen LogP contribution in [0.3, 0.4) is 0 Å². The average Bonchev–Trinajstić information content (AvgIpc) is 2.71. The van der Waals surface area contributed by atoms with E-state index >= 15 is 0 Å². The highest BCUT2D eigenvalue weighted by atomic mass is 16.5. The molecule has 3 heteroatoms. The van der Waals surface area contributed by atoms with E-state index in [0.717, 1.165) is 25.7 Å². The Morgan fingerprint density at radius 1 is 1.43 bits per heavy atom. The van der Waals surface area contributed by atoms with Gasteiger partial charge in [0.05, 0.1) is 12.7 Å². The number of hydrogen-bond donors (Lipinski definition) is 1.